The summed E-state index contributed by atoms with van der Waals surface area (Å²) >= 11 is 1.39. The van der Waals surface area contributed by atoms with E-state index in [1.807, 2.05) is 31.2 Å². The van der Waals surface area contributed by atoms with Crippen molar-refractivity contribution < 1.29 is 14.3 Å². The maximum Gasteiger partial charge on any atom is 0.230 e. The van der Waals surface area contributed by atoms with Crippen molar-refractivity contribution in [3.05, 3.63) is 24.3 Å². The van der Waals surface area contributed by atoms with E-state index in [-0.39, 0.29) is 17.7 Å². The van der Waals surface area contributed by atoms with E-state index in [1.165, 1.54) is 11.8 Å². The minimum atomic E-state index is -0.0466. The lowest BCUT2D eigenvalue weighted by molar-refractivity contribution is -0.119. The molecule has 0 aliphatic heterocycles. The van der Waals surface area contributed by atoms with E-state index in [2.05, 4.69) is 33.9 Å². The molecular weight excluding hydrogens is 364 g/mol. The van der Waals surface area contributed by atoms with Crippen LogP contribution in [0.2, 0.25) is 0 Å². The fourth-order valence-corrected chi connectivity index (χ4v) is 3.38. The van der Waals surface area contributed by atoms with Crippen molar-refractivity contribution in [2.24, 2.45) is 5.92 Å². The molecule has 0 aliphatic carbocycles. The number of methoxy groups -OCH3 is 2. The Morgan fingerprint density at radius 2 is 1.89 bits per heavy atom. The van der Waals surface area contributed by atoms with Gasteiger partial charge in [-0.05, 0) is 37.1 Å². The van der Waals surface area contributed by atoms with Gasteiger partial charge in [-0.1, -0.05) is 25.6 Å². The highest BCUT2D eigenvalue weighted by atomic mass is 32.2. The molecule has 1 aromatic heterocycles. The van der Waals surface area contributed by atoms with Crippen LogP contribution in [0.3, 0.4) is 0 Å². The van der Waals surface area contributed by atoms with Crippen LogP contribution >= 0.6 is 11.8 Å². The van der Waals surface area contributed by atoms with Gasteiger partial charge < -0.3 is 19.4 Å². The first kappa shape index (κ1) is 21.2. The van der Waals surface area contributed by atoms with Crippen molar-refractivity contribution >= 4 is 17.7 Å². The number of carbonyl (C=O) groups excluding carboxylic acids is 1. The van der Waals surface area contributed by atoms with Gasteiger partial charge in [-0.15, -0.1) is 10.2 Å². The molecule has 0 saturated heterocycles. The van der Waals surface area contributed by atoms with Gasteiger partial charge in [-0.2, -0.15) is 0 Å². The van der Waals surface area contributed by atoms with Crippen LogP contribution < -0.4 is 10.1 Å². The summed E-state index contributed by atoms with van der Waals surface area (Å²) in [4.78, 5) is 12.1. The Bertz CT molecular complexity index is 731. The Hall–Kier alpha value is -2.06. The zero-order valence-corrected chi connectivity index (χ0v) is 17.4. The number of hydrogen-bond acceptors (Lipinski definition) is 6. The van der Waals surface area contributed by atoms with Crippen LogP contribution in [0.1, 0.15) is 20.8 Å². The SMILES string of the molecule is COC[C@@H](C)NC(=O)CSc1nnc(-c2ccc(OC)cc2)n1CC(C)C. The topological polar surface area (TPSA) is 78.3 Å². The van der Waals surface area contributed by atoms with Crippen molar-refractivity contribution in [3.8, 4) is 17.1 Å². The lowest BCUT2D eigenvalue weighted by Gasteiger charge is -2.14. The molecule has 8 heteroatoms. The molecule has 1 aromatic carbocycles. The van der Waals surface area contributed by atoms with E-state index in [0.717, 1.165) is 28.8 Å². The predicted octanol–water partition coefficient (Wildman–Crippen LogP) is 2.85. The fraction of sp³-hybridized carbons (Fsp3) is 0.526. The van der Waals surface area contributed by atoms with Crippen LogP contribution in [0, 0.1) is 5.92 Å². The summed E-state index contributed by atoms with van der Waals surface area (Å²) in [5.74, 6) is 2.25. The second kappa shape index (κ2) is 10.3. The molecule has 0 saturated carbocycles. The number of benzene rings is 1. The summed E-state index contributed by atoms with van der Waals surface area (Å²) in [7, 11) is 3.26. The Balaban J connectivity index is 2.14. The van der Waals surface area contributed by atoms with E-state index in [9.17, 15) is 4.79 Å². The third kappa shape index (κ3) is 6.25. The van der Waals surface area contributed by atoms with Crippen LogP contribution in [0.15, 0.2) is 29.4 Å². The van der Waals surface area contributed by atoms with Crippen LogP contribution in [0.25, 0.3) is 11.4 Å². The summed E-state index contributed by atoms with van der Waals surface area (Å²) in [6, 6.07) is 7.72. The summed E-state index contributed by atoms with van der Waals surface area (Å²) in [5.41, 5.74) is 0.967. The fourth-order valence-electron chi connectivity index (χ4n) is 2.62. The molecule has 1 N–H and O–H groups in total. The zero-order valence-electron chi connectivity index (χ0n) is 16.6. The van der Waals surface area contributed by atoms with Gasteiger partial charge in [0.2, 0.25) is 5.91 Å². The number of ether oxygens (including phenoxy) is 2. The molecule has 1 atom stereocenters. The second-order valence-corrected chi connectivity index (χ2v) is 7.69. The summed E-state index contributed by atoms with van der Waals surface area (Å²) in [6.07, 6.45) is 0. The predicted molar refractivity (Wildman–Crippen MR) is 107 cm³/mol. The van der Waals surface area contributed by atoms with E-state index >= 15 is 0 Å². The molecule has 0 bridgehead atoms. The monoisotopic (exact) mass is 392 g/mol. The molecule has 2 rings (SSSR count). The van der Waals surface area contributed by atoms with Crippen molar-refractivity contribution in [3.63, 3.8) is 0 Å². The third-order valence-electron chi connectivity index (χ3n) is 3.77. The average molecular weight is 393 g/mol. The van der Waals surface area contributed by atoms with E-state index < -0.39 is 0 Å². The molecule has 0 unspecified atom stereocenters. The largest absolute Gasteiger partial charge is 0.497 e. The molecule has 7 nitrogen and oxygen atoms in total. The van der Waals surface area contributed by atoms with Gasteiger partial charge >= 0.3 is 0 Å². The molecule has 0 fully saturated rings. The Morgan fingerprint density at radius 3 is 2.48 bits per heavy atom. The summed E-state index contributed by atoms with van der Waals surface area (Å²) in [6.45, 7) is 7.46. The molecule has 1 heterocycles. The van der Waals surface area contributed by atoms with Crippen molar-refractivity contribution in [2.75, 3.05) is 26.6 Å². The molecule has 0 aliphatic rings. The van der Waals surface area contributed by atoms with Gasteiger partial charge in [0, 0.05) is 25.3 Å². The Morgan fingerprint density at radius 1 is 1.19 bits per heavy atom. The normalized spacial score (nSPS) is 12.2. The van der Waals surface area contributed by atoms with Gasteiger partial charge in [0.05, 0.1) is 19.5 Å². The highest BCUT2D eigenvalue weighted by Gasteiger charge is 2.17. The van der Waals surface area contributed by atoms with Gasteiger partial charge in [-0.3, -0.25) is 4.79 Å². The number of carbonyl (C=O) groups is 1. The minimum Gasteiger partial charge on any atom is -0.497 e. The zero-order chi connectivity index (χ0) is 19.8. The number of nitrogens with zero attached hydrogens (tertiary/aromatic N) is 3. The molecule has 148 valence electrons. The van der Waals surface area contributed by atoms with Crippen molar-refractivity contribution in [1.82, 2.24) is 20.1 Å². The van der Waals surface area contributed by atoms with Gasteiger partial charge in [-0.25, -0.2) is 0 Å². The highest BCUT2D eigenvalue weighted by molar-refractivity contribution is 7.99. The van der Waals surface area contributed by atoms with Crippen LogP contribution in [-0.4, -0.2) is 53.3 Å². The number of aromatic nitrogens is 3. The first-order valence-corrected chi connectivity index (χ1v) is 9.91. The van der Waals surface area contributed by atoms with Crippen LogP contribution in [0.5, 0.6) is 5.75 Å². The van der Waals surface area contributed by atoms with Gasteiger partial charge in [0.25, 0.3) is 0 Å². The number of nitrogens with one attached hydrogen (secondary N) is 1. The second-order valence-electron chi connectivity index (χ2n) is 6.75. The van der Waals surface area contributed by atoms with E-state index in [0.29, 0.717) is 12.5 Å². The number of hydrogen-bond donors (Lipinski definition) is 1. The first-order valence-electron chi connectivity index (χ1n) is 8.93. The number of amides is 1. The Labute approximate surface area is 164 Å². The lowest BCUT2D eigenvalue weighted by atomic mass is 10.2. The molecule has 27 heavy (non-hydrogen) atoms. The standard InChI is InChI=1S/C19H28N4O3S/c1-13(2)10-23-18(15-6-8-16(26-5)9-7-15)21-22-19(23)27-12-17(24)20-14(3)11-25-4/h6-9,13-14H,10-12H2,1-5H3,(H,20,24)/t14-/m1/s1. The van der Waals surface area contributed by atoms with Gasteiger partial charge in [0.15, 0.2) is 11.0 Å². The highest BCUT2D eigenvalue weighted by Crippen LogP contribution is 2.26. The van der Waals surface area contributed by atoms with Crippen LogP contribution in [0.4, 0.5) is 0 Å². The van der Waals surface area contributed by atoms with Crippen LogP contribution in [-0.2, 0) is 16.1 Å². The molecule has 0 spiro atoms. The Kier molecular flexibility index (Phi) is 8.12. The first-order chi connectivity index (χ1) is 12.9. The van der Waals surface area contributed by atoms with Gasteiger partial charge in [0.1, 0.15) is 5.75 Å². The molecular formula is C19H28N4O3S. The number of rotatable bonds is 10. The van der Waals surface area contributed by atoms with Crippen molar-refractivity contribution in [1.29, 1.82) is 0 Å². The van der Waals surface area contributed by atoms with E-state index in [1.54, 1.807) is 14.2 Å². The maximum absolute atomic E-state index is 12.1. The molecule has 2 aromatic rings. The summed E-state index contributed by atoms with van der Waals surface area (Å²) < 4.78 is 12.3. The smallest absolute Gasteiger partial charge is 0.230 e. The summed E-state index contributed by atoms with van der Waals surface area (Å²) in [5, 5.41) is 12.3. The molecule has 0 radical (unpaired) electrons. The minimum absolute atomic E-state index is 0.0218. The van der Waals surface area contributed by atoms with Crippen molar-refractivity contribution in [2.45, 2.75) is 38.5 Å². The third-order valence-corrected chi connectivity index (χ3v) is 4.74. The lowest BCUT2D eigenvalue weighted by Crippen LogP contribution is -2.36. The quantitative estimate of drug-likeness (QED) is 0.627. The average Bonchev–Trinajstić information content (AvgIpc) is 3.02. The molecule has 1 amide bonds. The van der Waals surface area contributed by atoms with E-state index in [4.69, 9.17) is 9.47 Å². The maximum atomic E-state index is 12.1. The number of thioether (sulfide) groups is 1.